The number of anilines is 2. The van der Waals surface area contributed by atoms with Crippen molar-refractivity contribution in [3.05, 3.63) is 76.0 Å². The maximum absolute atomic E-state index is 14.3. The second kappa shape index (κ2) is 7.09. The third kappa shape index (κ3) is 2.51. The number of para-hydroxylation sites is 1. The molecule has 1 saturated heterocycles. The van der Waals surface area contributed by atoms with Crippen LogP contribution in [0.5, 0.6) is 0 Å². The molecule has 2 aliphatic heterocycles. The summed E-state index contributed by atoms with van der Waals surface area (Å²) in [7, 11) is 1.73. The number of thioether (sulfide) groups is 1. The number of carbonyl (C=O) groups excluding carboxylic acids is 2. The van der Waals surface area contributed by atoms with Gasteiger partial charge in [0, 0.05) is 19.2 Å². The van der Waals surface area contributed by atoms with Crippen LogP contribution in [-0.4, -0.2) is 33.5 Å². The molecule has 1 fully saturated rings. The largest absolute Gasteiger partial charge is 0.309 e. The van der Waals surface area contributed by atoms with E-state index in [-0.39, 0.29) is 23.3 Å². The summed E-state index contributed by atoms with van der Waals surface area (Å²) in [5, 5.41) is 0. The van der Waals surface area contributed by atoms with Crippen LogP contribution in [0.15, 0.2) is 53.3 Å². The van der Waals surface area contributed by atoms with Gasteiger partial charge in [0.05, 0.1) is 22.8 Å². The van der Waals surface area contributed by atoms with Gasteiger partial charge in [-0.15, -0.1) is 11.8 Å². The number of hydrogen-bond acceptors (Lipinski definition) is 4. The van der Waals surface area contributed by atoms with Gasteiger partial charge in [0.25, 0.3) is 11.5 Å². The zero-order valence-corrected chi connectivity index (χ0v) is 18.6. The number of carbonyl (C=O) groups is 2. The monoisotopic (exact) mass is 452 g/mol. The van der Waals surface area contributed by atoms with Gasteiger partial charge in [-0.1, -0.05) is 18.2 Å². The van der Waals surface area contributed by atoms with Gasteiger partial charge in [-0.3, -0.25) is 24.0 Å². The molecule has 1 spiro atoms. The van der Waals surface area contributed by atoms with Crippen LogP contribution in [0.3, 0.4) is 0 Å². The number of fused-ring (bicyclic) bond motifs is 2. The predicted octanol–water partition coefficient (Wildman–Crippen LogP) is 2.92. The second-order valence-corrected chi connectivity index (χ2v) is 8.95. The Morgan fingerprint density at radius 3 is 2.50 bits per heavy atom. The minimum atomic E-state index is -1.51. The predicted molar refractivity (Wildman–Crippen MR) is 122 cm³/mol. The van der Waals surface area contributed by atoms with E-state index in [4.69, 9.17) is 0 Å². The van der Waals surface area contributed by atoms with Crippen LogP contribution in [0.1, 0.15) is 18.2 Å². The summed E-state index contributed by atoms with van der Waals surface area (Å²) in [6, 6.07) is 13.2. The highest BCUT2D eigenvalue weighted by Crippen LogP contribution is 2.55. The van der Waals surface area contributed by atoms with Gasteiger partial charge in [-0.05, 0) is 44.2 Å². The summed E-state index contributed by atoms with van der Waals surface area (Å²) in [6.45, 7) is 3.93. The summed E-state index contributed by atoms with van der Waals surface area (Å²) in [4.78, 5) is 41.9. The van der Waals surface area contributed by atoms with Crippen molar-refractivity contribution >= 4 is 35.0 Å². The van der Waals surface area contributed by atoms with Gasteiger partial charge in [-0.2, -0.15) is 0 Å². The summed E-state index contributed by atoms with van der Waals surface area (Å²) < 4.78 is 17.5. The highest BCUT2D eigenvalue weighted by atomic mass is 32.2. The van der Waals surface area contributed by atoms with Gasteiger partial charge >= 0.3 is 0 Å². The molecule has 0 bridgehead atoms. The number of rotatable bonds is 3. The van der Waals surface area contributed by atoms with Crippen molar-refractivity contribution in [1.29, 1.82) is 0 Å². The van der Waals surface area contributed by atoms with Crippen molar-refractivity contribution in [3.8, 4) is 5.69 Å². The molecule has 1 unspecified atom stereocenters. The van der Waals surface area contributed by atoms with Crippen LogP contribution >= 0.6 is 11.8 Å². The lowest BCUT2D eigenvalue weighted by atomic mass is 10.0. The van der Waals surface area contributed by atoms with E-state index in [1.165, 1.54) is 21.7 Å². The molecule has 2 aliphatic rings. The average Bonchev–Trinajstić information content (AvgIpc) is 3.32. The number of halogens is 1. The Bertz CT molecular complexity index is 1330. The first kappa shape index (κ1) is 20.6. The Morgan fingerprint density at radius 1 is 1.09 bits per heavy atom. The van der Waals surface area contributed by atoms with Gasteiger partial charge in [-0.25, -0.2) is 9.07 Å². The Labute approximate surface area is 188 Å². The molecule has 0 saturated carbocycles. The molecular formula is C23H21FN4O3S. The molecule has 0 N–H and O–H groups in total. The van der Waals surface area contributed by atoms with Gasteiger partial charge in [0.2, 0.25) is 10.8 Å². The quantitative estimate of drug-likeness (QED) is 0.613. The highest BCUT2D eigenvalue weighted by Gasteiger charge is 2.62. The fourth-order valence-electron chi connectivity index (χ4n) is 4.66. The highest BCUT2D eigenvalue weighted by molar-refractivity contribution is 8.02. The Balaban J connectivity index is 1.79. The maximum Gasteiger partial charge on any atom is 0.295 e. The normalized spacial score (nSPS) is 20.0. The summed E-state index contributed by atoms with van der Waals surface area (Å²) in [5.74, 6) is -1.19. The molecule has 1 atom stereocenters. The number of likely N-dealkylation sites (N-methyl/N-ethyl adjacent to an activating group) is 1. The fraction of sp³-hybridized carbons (Fsp3) is 0.261. The van der Waals surface area contributed by atoms with E-state index in [1.54, 1.807) is 41.8 Å². The molecular weight excluding hydrogens is 431 g/mol. The van der Waals surface area contributed by atoms with Gasteiger partial charge in [0.1, 0.15) is 11.5 Å². The molecule has 3 aromatic rings. The summed E-state index contributed by atoms with van der Waals surface area (Å²) in [6.07, 6.45) is 0. The van der Waals surface area contributed by atoms with Crippen molar-refractivity contribution in [1.82, 2.24) is 9.36 Å². The van der Waals surface area contributed by atoms with Crippen LogP contribution < -0.4 is 15.4 Å². The zero-order chi connectivity index (χ0) is 22.8. The molecule has 1 aromatic heterocycles. The van der Waals surface area contributed by atoms with Crippen LogP contribution in [0.4, 0.5) is 15.8 Å². The molecule has 3 heterocycles. The molecule has 2 aromatic carbocycles. The van der Waals surface area contributed by atoms with E-state index in [0.29, 0.717) is 29.2 Å². The van der Waals surface area contributed by atoms with Crippen molar-refractivity contribution in [2.45, 2.75) is 18.7 Å². The third-order valence-corrected chi connectivity index (χ3v) is 7.57. The first-order valence-electron chi connectivity index (χ1n) is 10.3. The van der Waals surface area contributed by atoms with Crippen LogP contribution in [0.2, 0.25) is 0 Å². The number of hydrogen-bond donors (Lipinski definition) is 0. The van der Waals surface area contributed by atoms with Crippen LogP contribution in [0, 0.1) is 12.7 Å². The maximum atomic E-state index is 14.3. The van der Waals surface area contributed by atoms with E-state index >= 15 is 0 Å². The molecule has 5 rings (SSSR count). The summed E-state index contributed by atoms with van der Waals surface area (Å²) >= 11 is 1.13. The molecule has 32 heavy (non-hydrogen) atoms. The van der Waals surface area contributed by atoms with Crippen LogP contribution in [-0.2, 0) is 21.5 Å². The topological polar surface area (TPSA) is 67.6 Å². The van der Waals surface area contributed by atoms with E-state index in [9.17, 15) is 18.8 Å². The van der Waals surface area contributed by atoms with E-state index < -0.39 is 16.2 Å². The lowest BCUT2D eigenvalue weighted by Crippen LogP contribution is -2.51. The average molecular weight is 453 g/mol. The van der Waals surface area contributed by atoms with Crippen molar-refractivity contribution in [3.63, 3.8) is 0 Å². The van der Waals surface area contributed by atoms with Crippen LogP contribution in [0.25, 0.3) is 5.69 Å². The molecule has 0 aliphatic carbocycles. The second-order valence-electron chi connectivity index (χ2n) is 7.78. The Morgan fingerprint density at radius 2 is 1.81 bits per heavy atom. The smallest absolute Gasteiger partial charge is 0.295 e. The molecule has 164 valence electrons. The number of amides is 2. The third-order valence-electron chi connectivity index (χ3n) is 6.18. The lowest BCUT2D eigenvalue weighted by Gasteiger charge is -2.32. The number of nitrogens with zero attached hydrogens (tertiary/aromatic N) is 4. The first-order valence-corrected chi connectivity index (χ1v) is 11.2. The SMILES string of the molecule is CCN1C(=O)C2(SCC(=O)N2c2c(C)n(C)n(-c3ccccc3)c2=O)c2cc(F)ccc21. The molecule has 7 nitrogen and oxygen atoms in total. The fourth-order valence-corrected chi connectivity index (χ4v) is 5.99. The summed E-state index contributed by atoms with van der Waals surface area (Å²) in [5.41, 5.74) is 1.86. The van der Waals surface area contributed by atoms with Crippen molar-refractivity contribution in [2.75, 3.05) is 22.1 Å². The molecule has 9 heteroatoms. The van der Waals surface area contributed by atoms with E-state index in [1.807, 2.05) is 25.1 Å². The van der Waals surface area contributed by atoms with Gasteiger partial charge in [0.15, 0.2) is 0 Å². The number of aromatic nitrogens is 2. The van der Waals surface area contributed by atoms with E-state index in [2.05, 4.69) is 0 Å². The van der Waals surface area contributed by atoms with Crippen molar-refractivity contribution < 1.29 is 14.0 Å². The van der Waals surface area contributed by atoms with Gasteiger partial charge < -0.3 is 4.90 Å². The minimum absolute atomic E-state index is 0.0123. The lowest BCUT2D eigenvalue weighted by molar-refractivity contribution is -0.123. The standard InChI is InChI=1S/C23H21FN4O3S/c1-4-26-18-11-10-15(24)12-17(18)23(22(26)31)27(19(29)13-32-23)20-14(2)25(3)28(21(20)30)16-8-6-5-7-9-16/h5-12H,4,13H2,1-3H3. The van der Waals surface area contributed by atoms with Crippen molar-refractivity contribution in [2.24, 2.45) is 7.05 Å². The Hall–Kier alpha value is -3.33. The molecule has 2 amide bonds. The first-order chi connectivity index (χ1) is 15.3. The minimum Gasteiger partial charge on any atom is -0.309 e. The Kier molecular flexibility index (Phi) is 4.56. The number of benzene rings is 2. The molecule has 0 radical (unpaired) electrons. The zero-order valence-electron chi connectivity index (χ0n) is 17.8. The van der Waals surface area contributed by atoms with E-state index in [0.717, 1.165) is 11.8 Å².